The molecule has 5 nitrogen and oxygen atoms in total. The van der Waals surface area contributed by atoms with E-state index in [9.17, 15) is 9.59 Å². The Labute approximate surface area is 130 Å². The number of aromatic amines is 1. The van der Waals surface area contributed by atoms with Crippen molar-refractivity contribution in [2.75, 3.05) is 5.32 Å². The summed E-state index contributed by atoms with van der Waals surface area (Å²) in [4.78, 5) is 27.3. The third kappa shape index (κ3) is 2.30. The molecule has 3 rings (SSSR count). The molecule has 0 unspecified atom stereocenters. The van der Waals surface area contributed by atoms with E-state index in [0.717, 1.165) is 0 Å². The number of hydrogen-bond acceptors (Lipinski definition) is 3. The first-order valence-electron chi connectivity index (χ1n) is 6.52. The molecule has 2 aromatic carbocycles. The number of benzene rings is 2. The maximum absolute atomic E-state index is 12.6. The van der Waals surface area contributed by atoms with Gasteiger partial charge in [0.25, 0.3) is 0 Å². The Hall–Kier alpha value is -2.84. The Morgan fingerprint density at radius 1 is 1.18 bits per heavy atom. The lowest BCUT2D eigenvalue weighted by atomic mass is 10.1. The van der Waals surface area contributed by atoms with E-state index in [2.05, 4.69) is 10.3 Å². The molecule has 0 atom stereocenters. The van der Waals surface area contributed by atoms with Crippen molar-refractivity contribution < 1.29 is 4.79 Å². The number of nitriles is 1. The maximum atomic E-state index is 12.6. The molecule has 0 aliphatic heterocycles. The Morgan fingerprint density at radius 2 is 1.86 bits per heavy atom. The number of amides is 1. The molecule has 0 bridgehead atoms. The van der Waals surface area contributed by atoms with E-state index in [1.165, 1.54) is 0 Å². The molecule has 1 heterocycles. The molecular weight excluding hydrogens is 302 g/mol. The Balaban J connectivity index is 2.30. The average Bonchev–Trinajstić information content (AvgIpc) is 2.50. The number of H-pyrrole nitrogens is 1. The molecule has 0 radical (unpaired) electrons. The van der Waals surface area contributed by atoms with E-state index in [0.29, 0.717) is 32.5 Å². The summed E-state index contributed by atoms with van der Waals surface area (Å²) in [6, 6.07) is 11.9. The Kier molecular flexibility index (Phi) is 3.53. The van der Waals surface area contributed by atoms with Crippen LogP contribution >= 0.6 is 11.6 Å². The topological polar surface area (TPSA) is 85.8 Å². The fourth-order valence-corrected chi connectivity index (χ4v) is 2.58. The first-order chi connectivity index (χ1) is 10.6. The maximum Gasteiger partial charge on any atom is 0.238 e. The molecular formula is C16H10ClN3O2. The number of anilines is 1. The van der Waals surface area contributed by atoms with Crippen molar-refractivity contribution in [1.29, 1.82) is 5.26 Å². The van der Waals surface area contributed by atoms with Gasteiger partial charge in [-0.15, -0.1) is 0 Å². The number of rotatable bonds is 2. The van der Waals surface area contributed by atoms with Gasteiger partial charge in [0, 0.05) is 10.8 Å². The van der Waals surface area contributed by atoms with Gasteiger partial charge in [-0.05, 0) is 24.3 Å². The van der Waals surface area contributed by atoms with Crippen LogP contribution < -0.4 is 10.7 Å². The summed E-state index contributed by atoms with van der Waals surface area (Å²) in [5.41, 5.74) is 1.28. The van der Waals surface area contributed by atoms with Crippen molar-refractivity contribution in [3.63, 3.8) is 0 Å². The van der Waals surface area contributed by atoms with Crippen molar-refractivity contribution >= 4 is 45.0 Å². The predicted octanol–water partition coefficient (Wildman–Crippen LogP) is 3.19. The summed E-state index contributed by atoms with van der Waals surface area (Å²) >= 11 is 6.14. The van der Waals surface area contributed by atoms with Crippen LogP contribution in [0.25, 0.3) is 21.8 Å². The summed E-state index contributed by atoms with van der Waals surface area (Å²) in [5.74, 6) is -0.435. The molecule has 3 aromatic rings. The standard InChI is InChI=1S/C16H10ClN3O2/c17-11-5-1-3-9-14(11)20-15-10(16(9)22)4-2-6-12(15)19-13(21)7-8-18/h1-6H,7H2,(H,19,21)(H,20,22). The number of halogens is 1. The number of aromatic nitrogens is 1. The van der Waals surface area contributed by atoms with Crippen molar-refractivity contribution in [2.45, 2.75) is 6.42 Å². The largest absolute Gasteiger partial charge is 0.351 e. The van der Waals surface area contributed by atoms with E-state index in [1.54, 1.807) is 42.5 Å². The van der Waals surface area contributed by atoms with Crippen LogP contribution in [-0.4, -0.2) is 10.9 Å². The second kappa shape index (κ2) is 5.51. The number of carbonyl (C=O) groups is 1. The molecule has 1 amide bonds. The smallest absolute Gasteiger partial charge is 0.238 e. The van der Waals surface area contributed by atoms with Crippen molar-refractivity contribution in [2.24, 2.45) is 0 Å². The van der Waals surface area contributed by atoms with Gasteiger partial charge in [0.15, 0.2) is 5.43 Å². The van der Waals surface area contributed by atoms with E-state index in [1.807, 2.05) is 0 Å². The van der Waals surface area contributed by atoms with Crippen molar-refractivity contribution in [3.8, 4) is 6.07 Å². The third-order valence-electron chi connectivity index (χ3n) is 3.33. The number of carbonyl (C=O) groups excluding carboxylic acids is 1. The zero-order valence-corrected chi connectivity index (χ0v) is 12.1. The Morgan fingerprint density at radius 3 is 2.59 bits per heavy atom. The minimum atomic E-state index is -0.435. The fourth-order valence-electron chi connectivity index (χ4n) is 2.36. The van der Waals surface area contributed by atoms with Crippen LogP contribution in [-0.2, 0) is 4.79 Å². The zero-order valence-electron chi connectivity index (χ0n) is 11.3. The minimum absolute atomic E-state index is 0.164. The lowest BCUT2D eigenvalue weighted by Crippen LogP contribution is -2.12. The van der Waals surface area contributed by atoms with Crippen LogP contribution in [0.2, 0.25) is 5.02 Å². The summed E-state index contributed by atoms with van der Waals surface area (Å²) in [6.07, 6.45) is -0.255. The molecule has 0 aliphatic carbocycles. The molecule has 1 aromatic heterocycles. The second-order valence-electron chi connectivity index (χ2n) is 4.73. The molecule has 108 valence electrons. The van der Waals surface area contributed by atoms with E-state index < -0.39 is 5.91 Å². The van der Waals surface area contributed by atoms with Crippen molar-refractivity contribution in [1.82, 2.24) is 4.98 Å². The number of nitrogens with zero attached hydrogens (tertiary/aromatic N) is 1. The SMILES string of the molecule is N#CCC(=O)Nc1cccc2c(=O)c3cccc(Cl)c3[nH]c12. The summed E-state index contributed by atoms with van der Waals surface area (Å²) in [7, 11) is 0. The molecule has 0 spiro atoms. The average molecular weight is 312 g/mol. The van der Waals surface area contributed by atoms with Gasteiger partial charge >= 0.3 is 0 Å². The number of para-hydroxylation sites is 2. The number of fused-ring (bicyclic) bond motifs is 2. The second-order valence-corrected chi connectivity index (χ2v) is 5.13. The molecule has 22 heavy (non-hydrogen) atoms. The first kappa shape index (κ1) is 14.1. The molecule has 6 heteroatoms. The predicted molar refractivity (Wildman–Crippen MR) is 85.9 cm³/mol. The van der Waals surface area contributed by atoms with Crippen LogP contribution in [0.4, 0.5) is 5.69 Å². The van der Waals surface area contributed by atoms with Crippen molar-refractivity contribution in [3.05, 3.63) is 51.6 Å². The highest BCUT2D eigenvalue weighted by Crippen LogP contribution is 2.25. The Bertz CT molecular complexity index is 1000. The molecule has 0 saturated heterocycles. The molecule has 0 aliphatic rings. The summed E-state index contributed by atoms with van der Waals surface area (Å²) < 4.78 is 0. The van der Waals surface area contributed by atoms with Crippen LogP contribution in [0.15, 0.2) is 41.2 Å². The van der Waals surface area contributed by atoms with Gasteiger partial charge < -0.3 is 10.3 Å². The van der Waals surface area contributed by atoms with Gasteiger partial charge in [0.05, 0.1) is 27.8 Å². The summed E-state index contributed by atoms with van der Waals surface area (Å²) in [6.45, 7) is 0. The fraction of sp³-hybridized carbons (Fsp3) is 0.0625. The molecule has 0 fully saturated rings. The molecule has 2 N–H and O–H groups in total. The van der Waals surface area contributed by atoms with Gasteiger partial charge in [0.1, 0.15) is 6.42 Å². The highest BCUT2D eigenvalue weighted by atomic mass is 35.5. The van der Waals surface area contributed by atoms with Gasteiger partial charge in [-0.25, -0.2) is 0 Å². The number of hydrogen-bond donors (Lipinski definition) is 2. The third-order valence-corrected chi connectivity index (χ3v) is 3.65. The summed E-state index contributed by atoms with van der Waals surface area (Å²) in [5, 5.41) is 12.5. The van der Waals surface area contributed by atoms with Crippen LogP contribution in [0.5, 0.6) is 0 Å². The van der Waals surface area contributed by atoms with E-state index in [-0.39, 0.29) is 11.8 Å². The highest BCUT2D eigenvalue weighted by Gasteiger charge is 2.11. The number of nitrogens with one attached hydrogen (secondary N) is 2. The van der Waals surface area contributed by atoms with E-state index >= 15 is 0 Å². The van der Waals surface area contributed by atoms with Crippen LogP contribution in [0.3, 0.4) is 0 Å². The van der Waals surface area contributed by atoms with Gasteiger partial charge in [-0.1, -0.05) is 23.7 Å². The highest BCUT2D eigenvalue weighted by molar-refractivity contribution is 6.35. The normalized spacial score (nSPS) is 10.5. The zero-order chi connectivity index (χ0) is 15.7. The quantitative estimate of drug-likeness (QED) is 0.713. The molecule has 0 saturated carbocycles. The number of pyridine rings is 1. The monoisotopic (exact) mass is 311 g/mol. The van der Waals surface area contributed by atoms with Crippen LogP contribution in [0, 0.1) is 11.3 Å². The first-order valence-corrected chi connectivity index (χ1v) is 6.89. The van der Waals surface area contributed by atoms with E-state index in [4.69, 9.17) is 16.9 Å². The van der Waals surface area contributed by atoms with Gasteiger partial charge in [-0.2, -0.15) is 5.26 Å². The minimum Gasteiger partial charge on any atom is -0.351 e. The lowest BCUT2D eigenvalue weighted by molar-refractivity contribution is -0.115. The lowest BCUT2D eigenvalue weighted by Gasteiger charge is -2.09. The van der Waals surface area contributed by atoms with Gasteiger partial charge in [-0.3, -0.25) is 9.59 Å². The van der Waals surface area contributed by atoms with Gasteiger partial charge in [0.2, 0.25) is 5.91 Å². The van der Waals surface area contributed by atoms with Crippen LogP contribution in [0.1, 0.15) is 6.42 Å².